The van der Waals surface area contributed by atoms with Crippen LogP contribution in [0.1, 0.15) is 25.3 Å². The fraction of sp³-hybridized carbons (Fsp3) is 0.200. The summed E-state index contributed by atoms with van der Waals surface area (Å²) in [5, 5.41) is 9.07. The van der Waals surface area contributed by atoms with Gasteiger partial charge >= 0.3 is 0 Å². The summed E-state index contributed by atoms with van der Waals surface area (Å²) in [5.74, 6) is 2.52. The first-order valence-corrected chi connectivity index (χ1v) is 10.1. The molecule has 0 saturated carbocycles. The Bertz CT molecular complexity index is 1050. The van der Waals surface area contributed by atoms with Gasteiger partial charge in [0.05, 0.1) is 6.61 Å². The second-order valence-corrected chi connectivity index (χ2v) is 7.11. The van der Waals surface area contributed by atoms with Crippen LogP contribution in [0.15, 0.2) is 78.9 Å². The average molecular weight is 383 g/mol. The molecule has 146 valence electrons. The van der Waals surface area contributed by atoms with E-state index in [1.165, 1.54) is 5.56 Å². The van der Waals surface area contributed by atoms with Gasteiger partial charge in [-0.1, -0.05) is 61.4 Å². The third kappa shape index (κ3) is 4.21. The van der Waals surface area contributed by atoms with Crippen molar-refractivity contribution in [3.8, 4) is 34.2 Å². The molecule has 1 heterocycles. The largest absolute Gasteiger partial charge is 0.494 e. The molecule has 0 radical (unpaired) electrons. The highest BCUT2D eigenvalue weighted by molar-refractivity contribution is 5.67. The summed E-state index contributed by atoms with van der Waals surface area (Å²) >= 11 is 0. The lowest BCUT2D eigenvalue weighted by Crippen LogP contribution is -2.00. The zero-order valence-electron chi connectivity index (χ0n) is 16.9. The molecular weight excluding hydrogens is 358 g/mol. The van der Waals surface area contributed by atoms with Crippen LogP contribution >= 0.6 is 0 Å². The first-order chi connectivity index (χ1) is 14.3. The number of unbranched alkanes of at least 4 members (excludes halogenated alkanes) is 1. The van der Waals surface area contributed by atoms with Crippen molar-refractivity contribution in [2.24, 2.45) is 0 Å². The molecule has 4 heteroatoms. The van der Waals surface area contributed by atoms with Crippen LogP contribution in [0.4, 0.5) is 0 Å². The first kappa shape index (κ1) is 18.9. The molecular formula is C25H25N3O. The van der Waals surface area contributed by atoms with E-state index in [1.807, 2.05) is 42.5 Å². The molecule has 0 aliphatic carbocycles. The summed E-state index contributed by atoms with van der Waals surface area (Å²) in [6, 6.07) is 26.7. The van der Waals surface area contributed by atoms with Gasteiger partial charge in [-0.15, -0.1) is 10.2 Å². The molecule has 0 fully saturated rings. The lowest BCUT2D eigenvalue weighted by atomic mass is 10.1. The minimum atomic E-state index is 0.744. The Hall–Kier alpha value is -3.40. The smallest absolute Gasteiger partial charge is 0.168 e. The molecule has 0 atom stereocenters. The fourth-order valence-electron chi connectivity index (χ4n) is 3.22. The van der Waals surface area contributed by atoms with Gasteiger partial charge in [0.15, 0.2) is 11.6 Å². The summed E-state index contributed by atoms with van der Waals surface area (Å²) in [4.78, 5) is 0. The van der Waals surface area contributed by atoms with Crippen molar-refractivity contribution >= 4 is 0 Å². The predicted molar refractivity (Wildman–Crippen MR) is 117 cm³/mol. The number of nitrogens with zero attached hydrogens (tertiary/aromatic N) is 3. The summed E-state index contributed by atoms with van der Waals surface area (Å²) < 4.78 is 7.90. The zero-order chi connectivity index (χ0) is 20.1. The van der Waals surface area contributed by atoms with Gasteiger partial charge in [0.1, 0.15) is 5.75 Å². The second-order valence-electron chi connectivity index (χ2n) is 7.11. The summed E-state index contributed by atoms with van der Waals surface area (Å²) in [6.07, 6.45) is 2.18. The Balaban J connectivity index is 1.75. The van der Waals surface area contributed by atoms with Crippen molar-refractivity contribution in [3.05, 3.63) is 84.4 Å². The van der Waals surface area contributed by atoms with E-state index in [9.17, 15) is 0 Å². The van der Waals surface area contributed by atoms with E-state index in [0.29, 0.717) is 0 Å². The van der Waals surface area contributed by atoms with Gasteiger partial charge in [0.2, 0.25) is 0 Å². The Labute approximate surface area is 171 Å². The van der Waals surface area contributed by atoms with E-state index in [0.717, 1.165) is 53.7 Å². The van der Waals surface area contributed by atoms with Crippen LogP contribution < -0.4 is 4.74 Å². The van der Waals surface area contributed by atoms with Gasteiger partial charge in [-0.3, -0.25) is 4.57 Å². The standard InChI is InChI=1S/C25H25N3O/c1-3-4-18-29-23-16-14-21(15-17-23)25-27-26-24(20-12-10-19(2)11-13-20)28(25)22-8-6-5-7-9-22/h5-17H,3-4,18H2,1-2H3. The molecule has 1 aromatic heterocycles. The molecule has 29 heavy (non-hydrogen) atoms. The van der Waals surface area contributed by atoms with Gasteiger partial charge < -0.3 is 4.74 Å². The SMILES string of the molecule is CCCCOc1ccc(-c2nnc(-c3ccc(C)cc3)n2-c2ccccc2)cc1. The van der Waals surface area contributed by atoms with E-state index in [2.05, 4.69) is 65.0 Å². The topological polar surface area (TPSA) is 39.9 Å². The van der Waals surface area contributed by atoms with Crippen LogP contribution in [-0.4, -0.2) is 21.4 Å². The molecule has 0 aliphatic heterocycles. The van der Waals surface area contributed by atoms with Crippen LogP contribution in [0.2, 0.25) is 0 Å². The van der Waals surface area contributed by atoms with Crippen LogP contribution in [0, 0.1) is 6.92 Å². The molecule has 0 N–H and O–H groups in total. The Morgan fingerprint density at radius 3 is 1.93 bits per heavy atom. The second kappa shape index (κ2) is 8.74. The van der Waals surface area contributed by atoms with Crippen molar-refractivity contribution in [1.29, 1.82) is 0 Å². The maximum absolute atomic E-state index is 5.80. The monoisotopic (exact) mass is 383 g/mol. The van der Waals surface area contributed by atoms with Gasteiger partial charge in [-0.05, 0) is 49.7 Å². The third-order valence-electron chi connectivity index (χ3n) is 4.87. The molecule has 0 bridgehead atoms. The quantitative estimate of drug-likeness (QED) is 0.363. The minimum absolute atomic E-state index is 0.744. The van der Waals surface area contributed by atoms with Crippen molar-refractivity contribution in [2.75, 3.05) is 6.61 Å². The summed E-state index contributed by atoms with van der Waals surface area (Å²) in [6.45, 7) is 4.99. The van der Waals surface area contributed by atoms with E-state index in [-0.39, 0.29) is 0 Å². The van der Waals surface area contributed by atoms with Crippen LogP contribution in [0.5, 0.6) is 5.75 Å². The van der Waals surface area contributed by atoms with Crippen molar-refractivity contribution < 1.29 is 4.74 Å². The Morgan fingerprint density at radius 1 is 0.759 bits per heavy atom. The normalized spacial score (nSPS) is 10.8. The van der Waals surface area contributed by atoms with Crippen molar-refractivity contribution in [3.63, 3.8) is 0 Å². The number of ether oxygens (including phenoxy) is 1. The number of benzene rings is 3. The zero-order valence-corrected chi connectivity index (χ0v) is 16.9. The lowest BCUT2D eigenvalue weighted by molar-refractivity contribution is 0.309. The van der Waals surface area contributed by atoms with Crippen LogP contribution in [0.25, 0.3) is 28.5 Å². The Kier molecular flexibility index (Phi) is 5.71. The highest BCUT2D eigenvalue weighted by Crippen LogP contribution is 2.29. The average Bonchev–Trinajstić information content (AvgIpc) is 3.21. The van der Waals surface area contributed by atoms with E-state index in [1.54, 1.807) is 0 Å². The maximum Gasteiger partial charge on any atom is 0.168 e. The molecule has 0 aliphatic rings. The molecule has 4 rings (SSSR count). The predicted octanol–water partition coefficient (Wildman–Crippen LogP) is 6.09. The van der Waals surface area contributed by atoms with Gasteiger partial charge in [-0.2, -0.15) is 0 Å². The Morgan fingerprint density at radius 2 is 1.34 bits per heavy atom. The van der Waals surface area contributed by atoms with Crippen molar-refractivity contribution in [2.45, 2.75) is 26.7 Å². The van der Waals surface area contributed by atoms with Crippen LogP contribution in [0.3, 0.4) is 0 Å². The van der Waals surface area contributed by atoms with Crippen LogP contribution in [-0.2, 0) is 0 Å². The third-order valence-corrected chi connectivity index (χ3v) is 4.87. The van der Waals surface area contributed by atoms with Gasteiger partial charge in [-0.25, -0.2) is 0 Å². The molecule has 4 nitrogen and oxygen atoms in total. The highest BCUT2D eigenvalue weighted by Gasteiger charge is 2.17. The number of rotatable bonds is 7. The minimum Gasteiger partial charge on any atom is -0.494 e. The van der Waals surface area contributed by atoms with E-state index < -0.39 is 0 Å². The van der Waals surface area contributed by atoms with Crippen molar-refractivity contribution in [1.82, 2.24) is 14.8 Å². The lowest BCUT2D eigenvalue weighted by Gasteiger charge is -2.11. The summed E-state index contributed by atoms with van der Waals surface area (Å²) in [7, 11) is 0. The van der Waals surface area contributed by atoms with Gasteiger partial charge in [0.25, 0.3) is 0 Å². The number of hydrogen-bond donors (Lipinski definition) is 0. The van der Waals surface area contributed by atoms with Gasteiger partial charge in [0, 0.05) is 16.8 Å². The molecule has 0 amide bonds. The van der Waals surface area contributed by atoms with E-state index >= 15 is 0 Å². The highest BCUT2D eigenvalue weighted by atomic mass is 16.5. The molecule has 4 aromatic rings. The number of aromatic nitrogens is 3. The number of hydrogen-bond acceptors (Lipinski definition) is 3. The van der Waals surface area contributed by atoms with E-state index in [4.69, 9.17) is 4.74 Å². The molecule has 0 spiro atoms. The maximum atomic E-state index is 5.80. The first-order valence-electron chi connectivity index (χ1n) is 10.1. The number of aryl methyl sites for hydroxylation is 1. The molecule has 0 unspecified atom stereocenters. The molecule has 3 aromatic carbocycles. The fourth-order valence-corrected chi connectivity index (χ4v) is 3.22. The summed E-state index contributed by atoms with van der Waals surface area (Å²) in [5.41, 5.74) is 4.30. The number of para-hydroxylation sites is 1. The molecule has 0 saturated heterocycles.